The Bertz CT molecular complexity index is 491. The zero-order valence-electron chi connectivity index (χ0n) is 19.2. The molecule has 1 atom stereocenters. The molecule has 29 heavy (non-hydrogen) atoms. The van der Waals surface area contributed by atoms with E-state index >= 15 is 0 Å². The van der Waals surface area contributed by atoms with Crippen LogP contribution < -0.4 is 0 Å². The molecular weight excluding hydrogens is 410 g/mol. The maximum atomic E-state index is 13.4. The Morgan fingerprint density at radius 2 is 0.966 bits per heavy atom. The molecule has 0 aromatic rings. The minimum absolute atomic E-state index is 0.186. The molecular formula is C21H44O6P2. The average molecular weight is 455 g/mol. The molecule has 0 aromatic heterocycles. The van der Waals surface area contributed by atoms with Crippen molar-refractivity contribution in [1.82, 2.24) is 0 Å². The summed E-state index contributed by atoms with van der Waals surface area (Å²) in [7, 11) is -6.32. The Labute approximate surface area is 179 Å². The lowest BCUT2D eigenvalue weighted by Crippen LogP contribution is -2.05. The van der Waals surface area contributed by atoms with Crippen molar-refractivity contribution in [1.29, 1.82) is 0 Å². The second-order valence-electron chi connectivity index (χ2n) is 7.28. The van der Waals surface area contributed by atoms with Gasteiger partial charge >= 0.3 is 15.2 Å². The quantitative estimate of drug-likeness (QED) is 0.128. The highest BCUT2D eigenvalue weighted by atomic mass is 31.2. The third-order valence-corrected chi connectivity index (χ3v) is 9.43. The molecule has 0 aliphatic rings. The lowest BCUT2D eigenvalue weighted by atomic mass is 10.2. The van der Waals surface area contributed by atoms with Crippen molar-refractivity contribution in [2.75, 3.05) is 26.9 Å². The first kappa shape index (κ1) is 29.0. The molecule has 0 spiro atoms. The summed E-state index contributed by atoms with van der Waals surface area (Å²) in [5.41, 5.74) is 0. The molecule has 0 saturated carbocycles. The first-order valence-electron chi connectivity index (χ1n) is 11.3. The van der Waals surface area contributed by atoms with E-state index in [0.29, 0.717) is 0 Å². The summed E-state index contributed by atoms with van der Waals surface area (Å²) >= 11 is 0. The lowest BCUT2D eigenvalue weighted by Gasteiger charge is -2.25. The van der Waals surface area contributed by atoms with Gasteiger partial charge in [0.1, 0.15) is 5.06 Å². The van der Waals surface area contributed by atoms with Crippen LogP contribution in [0.4, 0.5) is 0 Å². The van der Waals surface area contributed by atoms with Crippen LogP contribution in [0.3, 0.4) is 0 Å². The molecule has 0 saturated heterocycles. The SMILES string of the molecule is C=C(P(=O)(OC)OCCCCCC)P(=O)(OCCCCCC)OCCCCCC. The molecule has 0 fully saturated rings. The lowest BCUT2D eigenvalue weighted by molar-refractivity contribution is 0.200. The molecule has 0 N–H and O–H groups in total. The Kier molecular flexibility index (Phi) is 17.7. The van der Waals surface area contributed by atoms with E-state index in [2.05, 4.69) is 27.4 Å². The van der Waals surface area contributed by atoms with E-state index in [4.69, 9.17) is 18.1 Å². The zero-order valence-corrected chi connectivity index (χ0v) is 20.9. The van der Waals surface area contributed by atoms with Crippen LogP contribution >= 0.6 is 15.2 Å². The Balaban J connectivity index is 4.98. The van der Waals surface area contributed by atoms with Gasteiger partial charge in [0.2, 0.25) is 0 Å². The van der Waals surface area contributed by atoms with Crippen LogP contribution in [0.1, 0.15) is 97.8 Å². The number of unbranched alkanes of at least 4 members (excludes halogenated alkanes) is 9. The van der Waals surface area contributed by atoms with Crippen LogP contribution in [0.15, 0.2) is 11.6 Å². The number of hydrogen-bond acceptors (Lipinski definition) is 6. The maximum Gasteiger partial charge on any atom is 0.368 e. The van der Waals surface area contributed by atoms with E-state index in [1.54, 1.807) is 0 Å². The van der Waals surface area contributed by atoms with E-state index in [9.17, 15) is 9.13 Å². The third kappa shape index (κ3) is 12.5. The molecule has 0 radical (unpaired) electrons. The maximum absolute atomic E-state index is 13.4. The fourth-order valence-electron chi connectivity index (χ4n) is 2.71. The molecule has 6 nitrogen and oxygen atoms in total. The summed E-state index contributed by atoms with van der Waals surface area (Å²) in [4.78, 5) is 0. The summed E-state index contributed by atoms with van der Waals surface area (Å²) < 4.78 is 48.5. The third-order valence-electron chi connectivity index (χ3n) is 4.65. The highest BCUT2D eigenvalue weighted by Gasteiger charge is 2.43. The van der Waals surface area contributed by atoms with Gasteiger partial charge in [-0.1, -0.05) is 85.1 Å². The predicted octanol–water partition coefficient (Wildman–Crippen LogP) is 8.28. The molecule has 1 unspecified atom stereocenters. The van der Waals surface area contributed by atoms with E-state index < -0.39 is 15.2 Å². The molecule has 8 heteroatoms. The molecule has 0 aliphatic carbocycles. The van der Waals surface area contributed by atoms with E-state index in [0.717, 1.165) is 77.0 Å². The van der Waals surface area contributed by atoms with Gasteiger partial charge in [-0.05, 0) is 19.3 Å². The summed E-state index contributed by atoms with van der Waals surface area (Å²) in [6.07, 6.45) is 11.8. The molecule has 0 aromatic carbocycles. The van der Waals surface area contributed by atoms with Gasteiger partial charge in [-0.15, -0.1) is 0 Å². The first-order chi connectivity index (χ1) is 13.9. The van der Waals surface area contributed by atoms with Gasteiger partial charge in [0.15, 0.2) is 0 Å². The van der Waals surface area contributed by atoms with Gasteiger partial charge in [-0.2, -0.15) is 0 Å². The molecule has 0 bridgehead atoms. The van der Waals surface area contributed by atoms with Gasteiger partial charge in [-0.25, -0.2) is 0 Å². The summed E-state index contributed by atoms with van der Waals surface area (Å²) in [6.45, 7) is 11.0. The second-order valence-corrected chi connectivity index (χ2v) is 11.8. The van der Waals surface area contributed by atoms with E-state index in [1.165, 1.54) is 7.11 Å². The summed E-state index contributed by atoms with van der Waals surface area (Å²) in [5, 5.41) is -0.186. The predicted molar refractivity (Wildman–Crippen MR) is 122 cm³/mol. The van der Waals surface area contributed by atoms with Gasteiger partial charge in [0.05, 0.1) is 19.8 Å². The minimum atomic E-state index is -3.81. The Hall–Kier alpha value is 0.0400. The Morgan fingerprint density at radius 1 is 0.621 bits per heavy atom. The molecule has 0 heterocycles. The fourth-order valence-corrected chi connectivity index (χ4v) is 6.62. The van der Waals surface area contributed by atoms with Crippen molar-refractivity contribution in [3.63, 3.8) is 0 Å². The first-order valence-corrected chi connectivity index (χ1v) is 14.4. The van der Waals surface area contributed by atoms with Crippen molar-refractivity contribution in [3.8, 4) is 0 Å². The average Bonchev–Trinajstić information content (AvgIpc) is 2.72. The van der Waals surface area contributed by atoms with Crippen molar-refractivity contribution < 1.29 is 27.2 Å². The van der Waals surface area contributed by atoms with Crippen LogP contribution in [0.25, 0.3) is 0 Å². The van der Waals surface area contributed by atoms with Gasteiger partial charge in [0, 0.05) is 7.11 Å². The smallest absolute Gasteiger partial charge is 0.308 e. The van der Waals surface area contributed by atoms with Crippen LogP contribution in [0.2, 0.25) is 0 Å². The number of rotatable bonds is 21. The summed E-state index contributed by atoms with van der Waals surface area (Å²) in [5.74, 6) is 0. The van der Waals surface area contributed by atoms with Crippen molar-refractivity contribution in [2.24, 2.45) is 0 Å². The van der Waals surface area contributed by atoms with Crippen LogP contribution in [0, 0.1) is 0 Å². The fraction of sp³-hybridized carbons (Fsp3) is 0.905. The van der Waals surface area contributed by atoms with Crippen LogP contribution in [-0.2, 0) is 27.2 Å². The molecule has 174 valence electrons. The monoisotopic (exact) mass is 454 g/mol. The molecule has 0 rings (SSSR count). The standard InChI is InChI=1S/C21H44O6P2/c1-6-9-12-15-18-25-28(22,24-5)21(4)29(23,26-19-16-13-10-7-2)27-20-17-14-11-8-3/h4,6-20H2,1-3,5H3. The van der Waals surface area contributed by atoms with Gasteiger partial charge in [0.25, 0.3) is 0 Å². The Morgan fingerprint density at radius 3 is 1.28 bits per heavy atom. The van der Waals surface area contributed by atoms with E-state index in [-0.39, 0.29) is 24.9 Å². The van der Waals surface area contributed by atoms with Crippen LogP contribution in [0.5, 0.6) is 0 Å². The number of hydrogen-bond donors (Lipinski definition) is 0. The topological polar surface area (TPSA) is 71.1 Å². The highest BCUT2D eigenvalue weighted by molar-refractivity contribution is 7.78. The molecule has 0 amide bonds. The van der Waals surface area contributed by atoms with Crippen LogP contribution in [-0.4, -0.2) is 26.9 Å². The van der Waals surface area contributed by atoms with Gasteiger partial charge in [-0.3, -0.25) is 9.13 Å². The normalized spacial score (nSPS) is 14.1. The van der Waals surface area contributed by atoms with E-state index in [1.807, 2.05) is 0 Å². The summed E-state index contributed by atoms with van der Waals surface area (Å²) in [6, 6.07) is 0. The zero-order chi connectivity index (χ0) is 22.0. The van der Waals surface area contributed by atoms with Crippen molar-refractivity contribution >= 4 is 15.2 Å². The largest absolute Gasteiger partial charge is 0.368 e. The van der Waals surface area contributed by atoms with Crippen molar-refractivity contribution in [3.05, 3.63) is 11.6 Å². The van der Waals surface area contributed by atoms with Crippen molar-refractivity contribution in [2.45, 2.75) is 97.8 Å². The van der Waals surface area contributed by atoms with Gasteiger partial charge < -0.3 is 18.1 Å². The second kappa shape index (κ2) is 17.7. The minimum Gasteiger partial charge on any atom is -0.308 e. The molecule has 0 aliphatic heterocycles. The highest BCUT2D eigenvalue weighted by Crippen LogP contribution is 2.73.